The minimum atomic E-state index is -0.304. The van der Waals surface area contributed by atoms with Gasteiger partial charge >= 0.3 is 5.69 Å². The monoisotopic (exact) mass is 268 g/mol. The van der Waals surface area contributed by atoms with E-state index in [2.05, 4.69) is 15.5 Å². The molecule has 0 radical (unpaired) electrons. The molecule has 0 unspecified atom stereocenters. The van der Waals surface area contributed by atoms with E-state index in [4.69, 9.17) is 16.3 Å². The molecule has 1 aromatic carbocycles. The highest BCUT2D eigenvalue weighted by atomic mass is 35.5. The molecular formula is C11H13ClN4O2. The van der Waals surface area contributed by atoms with Gasteiger partial charge in [-0.2, -0.15) is 5.10 Å². The van der Waals surface area contributed by atoms with Crippen LogP contribution in [0.2, 0.25) is 5.02 Å². The average Bonchev–Trinajstić information content (AvgIpc) is 2.71. The van der Waals surface area contributed by atoms with Gasteiger partial charge in [-0.05, 0) is 25.2 Å². The second-order valence-electron chi connectivity index (χ2n) is 3.63. The highest BCUT2D eigenvalue weighted by Crippen LogP contribution is 2.26. The fraction of sp³-hybridized carbons (Fsp3) is 0.273. The summed E-state index contributed by atoms with van der Waals surface area (Å²) in [4.78, 5) is 11.7. The van der Waals surface area contributed by atoms with E-state index in [1.54, 1.807) is 25.2 Å². The first-order chi connectivity index (χ1) is 8.67. The zero-order chi connectivity index (χ0) is 13.1. The minimum Gasteiger partial charge on any atom is -0.495 e. The van der Waals surface area contributed by atoms with E-state index in [0.717, 1.165) is 0 Å². The molecule has 0 aliphatic heterocycles. The van der Waals surface area contributed by atoms with Gasteiger partial charge in [0.15, 0.2) is 5.82 Å². The molecule has 0 atom stereocenters. The van der Waals surface area contributed by atoms with Crippen LogP contribution >= 0.6 is 11.6 Å². The summed E-state index contributed by atoms with van der Waals surface area (Å²) in [5, 5.41) is 9.74. The molecule has 2 aromatic rings. The Balaban J connectivity index is 2.51. The lowest BCUT2D eigenvalue weighted by Crippen LogP contribution is -2.19. The van der Waals surface area contributed by atoms with Crippen LogP contribution in [0.3, 0.4) is 0 Å². The molecule has 2 N–H and O–H groups in total. The number of nitrogens with one attached hydrogen (secondary N) is 2. The summed E-state index contributed by atoms with van der Waals surface area (Å²) in [6.07, 6.45) is 0. The van der Waals surface area contributed by atoms with E-state index < -0.39 is 0 Å². The Kier molecular flexibility index (Phi) is 3.69. The minimum absolute atomic E-state index is 0.304. The highest BCUT2D eigenvalue weighted by molar-refractivity contribution is 6.32. The molecule has 0 fully saturated rings. The summed E-state index contributed by atoms with van der Waals surface area (Å²) in [5.41, 5.74) is 0.339. The Morgan fingerprint density at radius 2 is 2.33 bits per heavy atom. The molecular weight excluding hydrogens is 256 g/mol. The van der Waals surface area contributed by atoms with Gasteiger partial charge in [0, 0.05) is 0 Å². The number of rotatable bonds is 4. The third-order valence-electron chi connectivity index (χ3n) is 2.47. The van der Waals surface area contributed by atoms with Crippen LogP contribution in [0.1, 0.15) is 5.82 Å². The van der Waals surface area contributed by atoms with Crippen LogP contribution in [0.5, 0.6) is 5.75 Å². The van der Waals surface area contributed by atoms with Crippen molar-refractivity contribution in [1.29, 1.82) is 0 Å². The van der Waals surface area contributed by atoms with Crippen LogP contribution in [0.25, 0.3) is 5.69 Å². The van der Waals surface area contributed by atoms with E-state index in [9.17, 15) is 4.79 Å². The molecule has 0 saturated carbocycles. The van der Waals surface area contributed by atoms with Gasteiger partial charge in [-0.25, -0.2) is 14.5 Å². The molecule has 0 amide bonds. The summed E-state index contributed by atoms with van der Waals surface area (Å²) < 4.78 is 6.53. The first-order valence-electron chi connectivity index (χ1n) is 5.32. The number of nitrogens with zero attached hydrogens (tertiary/aromatic N) is 2. The van der Waals surface area contributed by atoms with E-state index in [-0.39, 0.29) is 5.69 Å². The Labute approximate surface area is 109 Å². The highest BCUT2D eigenvalue weighted by Gasteiger charge is 2.11. The lowest BCUT2D eigenvalue weighted by Gasteiger charge is -2.08. The maximum absolute atomic E-state index is 11.7. The van der Waals surface area contributed by atoms with E-state index in [1.165, 1.54) is 11.7 Å². The van der Waals surface area contributed by atoms with Gasteiger partial charge in [0.2, 0.25) is 0 Å². The Bertz CT molecular complexity index is 605. The van der Waals surface area contributed by atoms with Gasteiger partial charge in [-0.15, -0.1) is 0 Å². The number of benzene rings is 1. The van der Waals surface area contributed by atoms with E-state index in [1.807, 2.05) is 0 Å². The molecule has 1 aromatic heterocycles. The first-order valence-corrected chi connectivity index (χ1v) is 5.70. The van der Waals surface area contributed by atoms with E-state index >= 15 is 0 Å². The zero-order valence-electron chi connectivity index (χ0n) is 10.0. The molecule has 0 aliphatic rings. The maximum Gasteiger partial charge on any atom is 0.347 e. The van der Waals surface area contributed by atoms with Gasteiger partial charge in [0.05, 0.1) is 24.4 Å². The van der Waals surface area contributed by atoms with Crippen molar-refractivity contribution < 1.29 is 4.74 Å². The van der Waals surface area contributed by atoms with Gasteiger partial charge in [-0.1, -0.05) is 11.6 Å². The SMILES string of the molecule is CNCc1n[nH]c(=O)n1-c1ccc(OC)c(Cl)c1. The fourth-order valence-electron chi connectivity index (χ4n) is 1.67. The summed E-state index contributed by atoms with van der Waals surface area (Å²) in [6.45, 7) is 0.475. The lowest BCUT2D eigenvalue weighted by molar-refractivity contribution is 0.415. The number of ether oxygens (including phenoxy) is 1. The summed E-state index contributed by atoms with van der Waals surface area (Å²) in [6, 6.07) is 5.12. The Hall–Kier alpha value is -1.79. The van der Waals surface area contributed by atoms with Crippen molar-refractivity contribution in [3.8, 4) is 11.4 Å². The molecule has 0 saturated heterocycles. The van der Waals surface area contributed by atoms with Gasteiger partial charge in [0.1, 0.15) is 5.75 Å². The molecule has 6 nitrogen and oxygen atoms in total. The van der Waals surface area contributed by atoms with Crippen LogP contribution in [0.15, 0.2) is 23.0 Å². The number of hydrogen-bond donors (Lipinski definition) is 2. The number of methoxy groups -OCH3 is 1. The van der Waals surface area contributed by atoms with Crippen LogP contribution in [0, 0.1) is 0 Å². The topological polar surface area (TPSA) is 71.9 Å². The Morgan fingerprint density at radius 1 is 1.56 bits per heavy atom. The van der Waals surface area contributed by atoms with Crippen molar-refractivity contribution in [2.75, 3.05) is 14.2 Å². The third-order valence-corrected chi connectivity index (χ3v) is 2.77. The second kappa shape index (κ2) is 5.24. The number of H-pyrrole nitrogens is 1. The molecule has 0 spiro atoms. The standard InChI is InChI=1S/C11H13ClN4O2/c1-13-6-10-14-15-11(17)16(10)7-3-4-9(18-2)8(12)5-7/h3-5,13H,6H2,1-2H3,(H,15,17). The molecule has 18 heavy (non-hydrogen) atoms. The Morgan fingerprint density at radius 3 is 2.94 bits per heavy atom. The quantitative estimate of drug-likeness (QED) is 0.866. The molecule has 0 aliphatic carbocycles. The smallest absolute Gasteiger partial charge is 0.347 e. The van der Waals surface area contributed by atoms with Gasteiger partial charge in [-0.3, -0.25) is 0 Å². The third kappa shape index (κ3) is 2.25. The largest absolute Gasteiger partial charge is 0.495 e. The lowest BCUT2D eigenvalue weighted by atomic mass is 10.3. The molecule has 2 rings (SSSR count). The fourth-order valence-corrected chi connectivity index (χ4v) is 1.92. The van der Waals surface area contributed by atoms with Crippen LogP contribution in [-0.2, 0) is 6.54 Å². The van der Waals surface area contributed by atoms with Gasteiger partial charge in [0.25, 0.3) is 0 Å². The first kappa shape index (κ1) is 12.7. The molecule has 1 heterocycles. The van der Waals surface area contributed by atoms with Crippen molar-refractivity contribution in [1.82, 2.24) is 20.1 Å². The molecule has 96 valence electrons. The van der Waals surface area contributed by atoms with Gasteiger partial charge < -0.3 is 10.1 Å². The molecule has 7 heteroatoms. The maximum atomic E-state index is 11.7. The van der Waals surface area contributed by atoms with Crippen LogP contribution in [0.4, 0.5) is 0 Å². The normalized spacial score (nSPS) is 10.6. The zero-order valence-corrected chi connectivity index (χ0v) is 10.8. The molecule has 0 bridgehead atoms. The van der Waals surface area contributed by atoms with Crippen molar-refractivity contribution in [2.45, 2.75) is 6.54 Å². The van der Waals surface area contributed by atoms with Crippen molar-refractivity contribution in [3.63, 3.8) is 0 Å². The number of hydrogen-bond acceptors (Lipinski definition) is 4. The van der Waals surface area contributed by atoms with Crippen LogP contribution < -0.4 is 15.7 Å². The van der Waals surface area contributed by atoms with Crippen LogP contribution in [-0.4, -0.2) is 28.9 Å². The number of halogens is 1. The summed E-state index contributed by atoms with van der Waals surface area (Å²) in [5.74, 6) is 1.15. The second-order valence-corrected chi connectivity index (χ2v) is 4.04. The number of aromatic amines is 1. The summed E-state index contributed by atoms with van der Waals surface area (Å²) >= 11 is 6.04. The van der Waals surface area contributed by atoms with E-state index in [0.29, 0.717) is 28.8 Å². The van der Waals surface area contributed by atoms with Crippen molar-refractivity contribution in [2.24, 2.45) is 0 Å². The van der Waals surface area contributed by atoms with Crippen molar-refractivity contribution >= 4 is 11.6 Å². The predicted octanol–water partition coefficient (Wildman–Crippen LogP) is 0.942. The summed E-state index contributed by atoms with van der Waals surface area (Å²) in [7, 11) is 3.32. The predicted molar refractivity (Wildman–Crippen MR) is 68.5 cm³/mol. The average molecular weight is 269 g/mol. The van der Waals surface area contributed by atoms with Crippen molar-refractivity contribution in [3.05, 3.63) is 39.5 Å². The number of aromatic nitrogens is 3.